The predicted molar refractivity (Wildman–Crippen MR) is 170 cm³/mol. The van der Waals surface area contributed by atoms with Crippen LogP contribution >= 0.6 is 0 Å². The maximum Gasteiger partial charge on any atom is 0.331 e. The summed E-state index contributed by atoms with van der Waals surface area (Å²) in [6.45, 7) is 13.5. The lowest BCUT2D eigenvalue weighted by Crippen LogP contribution is -2.46. The standard InChI is InChI=1S/C38H50O4/c1-25(2)8-7-9-26(3)33-17-18-34-32-16-13-29-24-31(20-22-37(29,5)35(32)21-23-38(33,34)6)42-36(40)19-12-28-10-14-30(15-11-28)41-27(4)39/h7,9-16,19,25-26,31,33-35H,8,17-18,20-24H2,1-6H3/b9-7+,19-12+/t26-,31+,33-,34?,35?,37+,38-/m1/s1. The maximum absolute atomic E-state index is 12.7. The fourth-order valence-electron chi connectivity index (χ4n) is 8.85. The molecule has 3 saturated carbocycles. The van der Waals surface area contributed by atoms with E-state index in [1.54, 1.807) is 23.8 Å². The van der Waals surface area contributed by atoms with Gasteiger partial charge in [0.15, 0.2) is 0 Å². The van der Waals surface area contributed by atoms with Crippen LogP contribution in [-0.4, -0.2) is 18.0 Å². The van der Waals surface area contributed by atoms with E-state index in [9.17, 15) is 9.59 Å². The number of hydrogen-bond donors (Lipinski definition) is 0. The first-order valence-corrected chi connectivity index (χ1v) is 16.2. The lowest BCUT2D eigenvalue weighted by molar-refractivity contribution is -0.144. The third-order valence-electron chi connectivity index (χ3n) is 11.1. The Morgan fingerprint density at radius 1 is 0.976 bits per heavy atom. The molecule has 0 aromatic heterocycles. The second-order valence-electron chi connectivity index (χ2n) is 14.3. The minimum absolute atomic E-state index is 0.0778. The van der Waals surface area contributed by atoms with Crippen molar-refractivity contribution in [1.82, 2.24) is 0 Å². The summed E-state index contributed by atoms with van der Waals surface area (Å²) in [6.07, 6.45) is 22.2. The smallest absolute Gasteiger partial charge is 0.331 e. The van der Waals surface area contributed by atoms with Crippen LogP contribution in [-0.2, 0) is 14.3 Å². The van der Waals surface area contributed by atoms with Gasteiger partial charge in [-0.05, 0) is 109 Å². The minimum atomic E-state index is -0.352. The highest BCUT2D eigenvalue weighted by molar-refractivity contribution is 5.87. The second kappa shape index (κ2) is 12.4. The molecule has 2 unspecified atom stereocenters. The molecule has 0 N–H and O–H groups in total. The first kappa shape index (κ1) is 30.6. The average Bonchev–Trinajstić information content (AvgIpc) is 3.29. The van der Waals surface area contributed by atoms with Crippen molar-refractivity contribution in [3.63, 3.8) is 0 Å². The topological polar surface area (TPSA) is 52.6 Å². The number of carbonyl (C=O) groups is 2. The van der Waals surface area contributed by atoms with Gasteiger partial charge in [0.05, 0.1) is 0 Å². The van der Waals surface area contributed by atoms with Gasteiger partial charge in [-0.15, -0.1) is 0 Å². The molecule has 0 aliphatic heterocycles. The summed E-state index contributed by atoms with van der Waals surface area (Å²) in [4.78, 5) is 23.8. The zero-order chi connectivity index (χ0) is 30.1. The van der Waals surface area contributed by atoms with Gasteiger partial charge in [-0.3, -0.25) is 4.79 Å². The molecule has 0 saturated heterocycles. The lowest BCUT2D eigenvalue weighted by atomic mass is 9.50. The number of ether oxygens (including phenoxy) is 2. The van der Waals surface area contributed by atoms with Crippen molar-refractivity contribution in [2.24, 2.45) is 40.4 Å². The minimum Gasteiger partial charge on any atom is -0.459 e. The van der Waals surface area contributed by atoms with Gasteiger partial charge in [-0.2, -0.15) is 0 Å². The predicted octanol–water partition coefficient (Wildman–Crippen LogP) is 9.27. The first-order valence-electron chi connectivity index (χ1n) is 16.2. The van der Waals surface area contributed by atoms with Crippen LogP contribution < -0.4 is 4.74 Å². The highest BCUT2D eigenvalue weighted by atomic mass is 16.5. The Balaban J connectivity index is 1.22. The molecule has 226 valence electrons. The zero-order valence-corrected chi connectivity index (χ0v) is 26.5. The van der Waals surface area contributed by atoms with E-state index in [-0.39, 0.29) is 23.5 Å². The second-order valence-corrected chi connectivity index (χ2v) is 14.3. The summed E-state index contributed by atoms with van der Waals surface area (Å²) in [7, 11) is 0. The largest absolute Gasteiger partial charge is 0.459 e. The molecule has 0 heterocycles. The number of fused-ring (bicyclic) bond motifs is 5. The summed E-state index contributed by atoms with van der Waals surface area (Å²) in [5.41, 5.74) is 4.61. The molecule has 0 bridgehead atoms. The molecule has 4 aliphatic rings. The molecular formula is C38H50O4. The molecule has 3 fully saturated rings. The Labute approximate surface area is 253 Å². The van der Waals surface area contributed by atoms with E-state index < -0.39 is 0 Å². The zero-order valence-electron chi connectivity index (χ0n) is 26.5. The first-order chi connectivity index (χ1) is 20.0. The van der Waals surface area contributed by atoms with Gasteiger partial charge < -0.3 is 9.47 Å². The van der Waals surface area contributed by atoms with Crippen molar-refractivity contribution < 1.29 is 19.1 Å². The van der Waals surface area contributed by atoms with Crippen LogP contribution in [0.25, 0.3) is 6.08 Å². The van der Waals surface area contributed by atoms with E-state index in [0.717, 1.165) is 36.7 Å². The Bertz CT molecular complexity index is 1280. The molecule has 0 spiro atoms. The van der Waals surface area contributed by atoms with E-state index in [1.807, 2.05) is 12.1 Å². The molecule has 7 atom stereocenters. The normalized spacial score (nSPS) is 33.0. The van der Waals surface area contributed by atoms with Crippen LogP contribution in [0.1, 0.15) is 98.5 Å². The number of carbonyl (C=O) groups excluding carboxylic acids is 2. The summed E-state index contributed by atoms with van der Waals surface area (Å²) in [5.74, 6) is 3.27. The van der Waals surface area contributed by atoms with Crippen LogP contribution in [0.4, 0.5) is 0 Å². The van der Waals surface area contributed by atoms with Crippen LogP contribution in [0.2, 0.25) is 0 Å². The molecule has 1 aromatic rings. The van der Waals surface area contributed by atoms with E-state index in [0.29, 0.717) is 28.9 Å². The molecule has 4 heteroatoms. The highest BCUT2D eigenvalue weighted by Crippen LogP contribution is 2.66. The molecule has 0 amide bonds. The van der Waals surface area contributed by atoms with E-state index in [1.165, 1.54) is 50.7 Å². The monoisotopic (exact) mass is 570 g/mol. The Morgan fingerprint density at radius 3 is 2.45 bits per heavy atom. The third kappa shape index (κ3) is 6.24. The molecule has 4 nitrogen and oxygen atoms in total. The van der Waals surface area contributed by atoms with Gasteiger partial charge in [0, 0.05) is 19.4 Å². The van der Waals surface area contributed by atoms with Crippen molar-refractivity contribution in [2.75, 3.05) is 0 Å². The van der Waals surface area contributed by atoms with Crippen molar-refractivity contribution in [3.8, 4) is 5.75 Å². The van der Waals surface area contributed by atoms with Gasteiger partial charge in [-0.1, -0.05) is 82.2 Å². The molecule has 1 aromatic carbocycles. The number of hydrogen-bond acceptors (Lipinski definition) is 4. The van der Waals surface area contributed by atoms with Crippen molar-refractivity contribution in [2.45, 2.75) is 99.0 Å². The van der Waals surface area contributed by atoms with E-state index in [4.69, 9.17) is 9.47 Å². The Kier molecular flexibility index (Phi) is 9.02. The van der Waals surface area contributed by atoms with Crippen molar-refractivity contribution in [3.05, 3.63) is 71.4 Å². The Morgan fingerprint density at radius 2 is 1.74 bits per heavy atom. The van der Waals surface area contributed by atoms with Crippen LogP contribution in [0.5, 0.6) is 5.75 Å². The SMILES string of the molecule is CC(=O)Oc1ccc(/C=C/C(=O)O[C@H]2CC[C@@]3(C)C(=CC=C4C3CC[C@@]3(C)C4CC[C@@H]3[C@H](C)/C=C/CC(C)C)C2)cc1. The van der Waals surface area contributed by atoms with Gasteiger partial charge in [0.25, 0.3) is 0 Å². The maximum atomic E-state index is 12.7. The fourth-order valence-corrected chi connectivity index (χ4v) is 8.85. The van der Waals surface area contributed by atoms with Crippen LogP contribution in [0, 0.1) is 40.4 Å². The van der Waals surface area contributed by atoms with E-state index >= 15 is 0 Å². The number of rotatable bonds is 8. The van der Waals surface area contributed by atoms with Crippen LogP contribution in [0.15, 0.2) is 65.8 Å². The fraction of sp³-hybridized carbons (Fsp3) is 0.579. The Hall–Kier alpha value is -2.88. The molecule has 5 rings (SSSR count). The third-order valence-corrected chi connectivity index (χ3v) is 11.1. The number of benzene rings is 1. The summed E-state index contributed by atoms with van der Waals surface area (Å²) in [6, 6.07) is 7.07. The lowest BCUT2D eigenvalue weighted by Gasteiger charge is -2.55. The summed E-state index contributed by atoms with van der Waals surface area (Å²) in [5, 5.41) is 0. The molecule has 4 aliphatic carbocycles. The van der Waals surface area contributed by atoms with Crippen molar-refractivity contribution >= 4 is 18.0 Å². The molecule has 0 radical (unpaired) electrons. The number of allylic oxidation sites excluding steroid dienone is 5. The quantitative estimate of drug-likeness (QED) is 0.135. The van der Waals surface area contributed by atoms with Crippen LogP contribution in [0.3, 0.4) is 0 Å². The average molecular weight is 571 g/mol. The highest BCUT2D eigenvalue weighted by Gasteiger charge is 2.57. The van der Waals surface area contributed by atoms with Crippen molar-refractivity contribution in [1.29, 1.82) is 0 Å². The molecule has 42 heavy (non-hydrogen) atoms. The summed E-state index contributed by atoms with van der Waals surface area (Å²) < 4.78 is 11.0. The molecular weight excluding hydrogens is 520 g/mol. The van der Waals surface area contributed by atoms with Gasteiger partial charge in [0.1, 0.15) is 11.9 Å². The van der Waals surface area contributed by atoms with Gasteiger partial charge in [0.2, 0.25) is 0 Å². The van der Waals surface area contributed by atoms with Gasteiger partial charge in [-0.25, -0.2) is 4.79 Å². The number of esters is 2. The summed E-state index contributed by atoms with van der Waals surface area (Å²) >= 11 is 0. The van der Waals surface area contributed by atoms with Gasteiger partial charge >= 0.3 is 11.9 Å². The van der Waals surface area contributed by atoms with E-state index in [2.05, 4.69) is 58.9 Å².